The molecule has 0 aliphatic carbocycles. The molecule has 0 heterocycles. The lowest BCUT2D eigenvalue weighted by Crippen LogP contribution is -2.45. The van der Waals surface area contributed by atoms with Crippen molar-refractivity contribution in [2.24, 2.45) is 0 Å². The van der Waals surface area contributed by atoms with Gasteiger partial charge in [-0.05, 0) is 57.8 Å². The Labute approximate surface area is 609 Å². The highest BCUT2D eigenvalue weighted by Crippen LogP contribution is 2.21. The Morgan fingerprint density at radius 2 is 0.485 bits per heavy atom. The molecule has 0 aromatic rings. The van der Waals surface area contributed by atoms with Crippen molar-refractivity contribution in [2.75, 3.05) is 13.2 Å². The summed E-state index contributed by atoms with van der Waals surface area (Å²) in [6.45, 7) is 4.96. The molecule has 6 nitrogen and oxygen atoms in total. The van der Waals surface area contributed by atoms with Gasteiger partial charge in [0.2, 0.25) is 5.91 Å². The molecule has 0 aromatic carbocycles. The zero-order valence-corrected chi connectivity index (χ0v) is 66.4. The van der Waals surface area contributed by atoms with Crippen LogP contribution in [-0.2, 0) is 14.3 Å². The molecule has 0 fully saturated rings. The average molecular weight is 1370 g/mol. The lowest BCUT2D eigenvalue weighted by atomic mass is 10.0. The summed E-state index contributed by atoms with van der Waals surface area (Å²) in [5.74, 6) is -0.0380. The van der Waals surface area contributed by atoms with E-state index in [1.54, 1.807) is 6.08 Å². The number of esters is 1. The smallest absolute Gasteiger partial charge is 0.305 e. The van der Waals surface area contributed by atoms with Gasteiger partial charge in [-0.25, -0.2) is 0 Å². The molecule has 0 aliphatic rings. The maximum Gasteiger partial charge on any atom is 0.305 e. The highest BCUT2D eigenvalue weighted by molar-refractivity contribution is 5.76. The number of ether oxygens (including phenoxy) is 1. The number of allylic oxidation sites excluding steroid dienone is 3. The minimum Gasteiger partial charge on any atom is -0.466 e. The Balaban J connectivity index is 3.32. The molecule has 2 atom stereocenters. The van der Waals surface area contributed by atoms with Crippen molar-refractivity contribution < 1.29 is 24.5 Å². The van der Waals surface area contributed by atoms with Crippen LogP contribution in [0.1, 0.15) is 521 Å². The molecule has 0 radical (unpaired) electrons. The van der Waals surface area contributed by atoms with Crippen molar-refractivity contribution in [3.63, 3.8) is 0 Å². The number of aliphatic hydroxyl groups excluding tert-OH is 2. The number of carbonyl (C=O) groups excluding carboxylic acids is 2. The SMILES string of the molecule is CCCCCCCCC/C=C\CCCCCCCC(=O)OCCCCCCCCCCCCCCCCCCCCCCCCCCCCCCCCCCCCCCCCCC(=O)NC(CO)C(O)/C=C/CCCCCCCCCCCCCCCCCCCCCCCCC. The molecule has 0 aromatic heterocycles. The molecule has 0 spiro atoms. The minimum atomic E-state index is -0.842. The summed E-state index contributed by atoms with van der Waals surface area (Å²) >= 11 is 0. The lowest BCUT2D eigenvalue weighted by Gasteiger charge is -2.20. The fourth-order valence-corrected chi connectivity index (χ4v) is 14.6. The van der Waals surface area contributed by atoms with Crippen molar-refractivity contribution in [2.45, 2.75) is 533 Å². The van der Waals surface area contributed by atoms with Crippen molar-refractivity contribution in [3.8, 4) is 0 Å². The monoisotopic (exact) mass is 1360 g/mol. The molecule has 0 saturated carbocycles. The quantitative estimate of drug-likeness (QED) is 0.0320. The van der Waals surface area contributed by atoms with E-state index in [1.807, 2.05) is 6.08 Å². The number of unbranched alkanes of at least 4 members (excludes halogenated alkanes) is 73. The number of hydrogen-bond donors (Lipinski definition) is 3. The fourth-order valence-electron chi connectivity index (χ4n) is 14.6. The second-order valence-corrected chi connectivity index (χ2v) is 31.3. The summed E-state index contributed by atoms with van der Waals surface area (Å²) in [5.41, 5.74) is 0. The fraction of sp³-hybridized carbons (Fsp3) is 0.934. The number of amides is 1. The van der Waals surface area contributed by atoms with E-state index in [1.165, 1.54) is 449 Å². The van der Waals surface area contributed by atoms with Gasteiger partial charge in [-0.2, -0.15) is 0 Å². The second-order valence-electron chi connectivity index (χ2n) is 31.3. The van der Waals surface area contributed by atoms with Crippen LogP contribution in [0.3, 0.4) is 0 Å². The number of hydrogen-bond acceptors (Lipinski definition) is 5. The number of carbonyl (C=O) groups is 2. The molecule has 97 heavy (non-hydrogen) atoms. The van der Waals surface area contributed by atoms with Crippen LogP contribution < -0.4 is 5.32 Å². The first kappa shape index (κ1) is 95.3. The third-order valence-electron chi connectivity index (χ3n) is 21.5. The zero-order chi connectivity index (χ0) is 69.8. The molecule has 0 saturated heterocycles. The molecule has 576 valence electrons. The number of nitrogens with one attached hydrogen (secondary N) is 1. The summed E-state index contributed by atoms with van der Waals surface area (Å²) in [7, 11) is 0. The van der Waals surface area contributed by atoms with Gasteiger partial charge in [-0.1, -0.05) is 475 Å². The maximum absolute atomic E-state index is 12.6. The predicted molar refractivity (Wildman–Crippen MR) is 430 cm³/mol. The standard InChI is InChI=1S/C91H177NO5/c1-3-5-7-9-11-13-15-17-19-21-22-23-24-40-43-46-49-52-55-59-63-67-71-75-79-83-89(94)88(87-93)92-90(95)84-80-76-72-68-64-60-56-53-50-47-44-41-38-36-34-32-30-28-26-25-27-29-31-33-35-37-39-42-45-48-51-54-58-62-66-70-74-78-82-86-97-91(96)85-81-77-73-69-65-61-57-20-18-16-14-12-10-8-6-4-2/h20,57,79,83,88-89,93-94H,3-19,21-56,58-78,80-82,84-87H2,1-2H3,(H,92,95)/b57-20-,83-79+. The summed E-state index contributed by atoms with van der Waals surface area (Å²) in [5, 5.41) is 23.4. The molecule has 3 N–H and O–H groups in total. The predicted octanol–water partition coefficient (Wildman–Crippen LogP) is 30.3. The highest BCUT2D eigenvalue weighted by atomic mass is 16.5. The van der Waals surface area contributed by atoms with Gasteiger partial charge in [-0.15, -0.1) is 0 Å². The van der Waals surface area contributed by atoms with Crippen LogP contribution in [-0.4, -0.2) is 47.4 Å². The van der Waals surface area contributed by atoms with Crippen LogP contribution in [0.25, 0.3) is 0 Å². The lowest BCUT2D eigenvalue weighted by molar-refractivity contribution is -0.143. The van der Waals surface area contributed by atoms with E-state index in [2.05, 4.69) is 31.3 Å². The van der Waals surface area contributed by atoms with E-state index < -0.39 is 12.1 Å². The van der Waals surface area contributed by atoms with Crippen LogP contribution in [0.15, 0.2) is 24.3 Å². The zero-order valence-electron chi connectivity index (χ0n) is 66.4. The van der Waals surface area contributed by atoms with Crippen molar-refractivity contribution in [1.82, 2.24) is 5.32 Å². The van der Waals surface area contributed by atoms with Gasteiger partial charge in [0.25, 0.3) is 0 Å². The van der Waals surface area contributed by atoms with Gasteiger partial charge >= 0.3 is 5.97 Å². The van der Waals surface area contributed by atoms with E-state index in [0.29, 0.717) is 19.4 Å². The van der Waals surface area contributed by atoms with E-state index >= 15 is 0 Å². The van der Waals surface area contributed by atoms with Crippen LogP contribution in [0.2, 0.25) is 0 Å². The van der Waals surface area contributed by atoms with Crippen LogP contribution in [0, 0.1) is 0 Å². The van der Waals surface area contributed by atoms with Gasteiger partial charge in [-0.3, -0.25) is 9.59 Å². The second kappa shape index (κ2) is 86.7. The first-order valence-electron chi connectivity index (χ1n) is 45.1. The Kier molecular flexibility index (Phi) is 85.3. The van der Waals surface area contributed by atoms with Crippen molar-refractivity contribution in [3.05, 3.63) is 24.3 Å². The first-order valence-corrected chi connectivity index (χ1v) is 45.1. The third-order valence-corrected chi connectivity index (χ3v) is 21.5. The average Bonchev–Trinajstić information content (AvgIpc) is 3.72. The molecule has 0 aliphatic heterocycles. The van der Waals surface area contributed by atoms with Gasteiger partial charge in [0.15, 0.2) is 0 Å². The normalized spacial score (nSPS) is 12.5. The summed E-state index contributed by atoms with van der Waals surface area (Å²) in [6, 6.07) is -0.625. The van der Waals surface area contributed by atoms with E-state index in [9.17, 15) is 19.8 Å². The summed E-state index contributed by atoms with van der Waals surface area (Å²) in [6.07, 6.45) is 114. The molecular formula is C91H177NO5. The Bertz CT molecular complexity index is 1530. The molecule has 0 bridgehead atoms. The topological polar surface area (TPSA) is 95.9 Å². The molecule has 1 amide bonds. The van der Waals surface area contributed by atoms with Crippen LogP contribution in [0.4, 0.5) is 0 Å². The van der Waals surface area contributed by atoms with Crippen molar-refractivity contribution >= 4 is 11.9 Å². The Morgan fingerprint density at radius 3 is 0.732 bits per heavy atom. The molecule has 0 rings (SSSR count). The van der Waals surface area contributed by atoms with Crippen LogP contribution >= 0.6 is 0 Å². The largest absolute Gasteiger partial charge is 0.466 e. The van der Waals surface area contributed by atoms with E-state index in [4.69, 9.17) is 4.74 Å². The number of rotatable bonds is 86. The van der Waals surface area contributed by atoms with Gasteiger partial charge < -0.3 is 20.3 Å². The number of aliphatic hydroxyl groups is 2. The Hall–Kier alpha value is -1.66. The molecular weight excluding hydrogens is 1190 g/mol. The summed E-state index contributed by atoms with van der Waals surface area (Å²) in [4.78, 5) is 24.7. The minimum absolute atomic E-state index is 0.0177. The molecule has 2 unspecified atom stereocenters. The summed E-state index contributed by atoms with van der Waals surface area (Å²) < 4.78 is 5.51. The van der Waals surface area contributed by atoms with Crippen molar-refractivity contribution in [1.29, 1.82) is 0 Å². The van der Waals surface area contributed by atoms with Crippen LogP contribution in [0.5, 0.6) is 0 Å². The van der Waals surface area contributed by atoms with E-state index in [-0.39, 0.29) is 18.5 Å². The Morgan fingerprint density at radius 1 is 0.278 bits per heavy atom. The van der Waals surface area contributed by atoms with Gasteiger partial charge in [0, 0.05) is 12.8 Å². The van der Waals surface area contributed by atoms with Gasteiger partial charge in [0.1, 0.15) is 0 Å². The molecule has 6 heteroatoms. The highest BCUT2D eigenvalue weighted by Gasteiger charge is 2.18. The van der Waals surface area contributed by atoms with E-state index in [0.717, 1.165) is 44.9 Å². The first-order chi connectivity index (χ1) is 48.0. The van der Waals surface area contributed by atoms with Gasteiger partial charge in [0.05, 0.1) is 25.4 Å². The maximum atomic E-state index is 12.6. The third kappa shape index (κ3) is 83.2.